The van der Waals surface area contributed by atoms with Crippen molar-refractivity contribution in [2.45, 2.75) is 0 Å². The molecule has 1 rings (SSSR count). The zero-order valence-corrected chi connectivity index (χ0v) is 8.04. The number of rotatable bonds is 1. The first-order valence-corrected chi connectivity index (χ1v) is 4.78. The third kappa shape index (κ3) is 7.06. The van der Waals surface area contributed by atoms with Crippen molar-refractivity contribution >= 4 is 21.2 Å². The average molecular weight is 283 g/mol. The highest BCUT2D eigenvalue weighted by atomic mass is 127. The van der Waals surface area contributed by atoms with E-state index >= 15 is 0 Å². The molecule has 0 aromatic heterocycles. The molecule has 0 saturated carbocycles. The summed E-state index contributed by atoms with van der Waals surface area (Å²) in [6.45, 7) is 0. The summed E-state index contributed by atoms with van der Waals surface area (Å²) >= 11 is -0.941. The van der Waals surface area contributed by atoms with Crippen LogP contribution in [0.25, 0.3) is 0 Å². The zero-order chi connectivity index (χ0) is 9.40. The Morgan fingerprint density at radius 2 is 1.75 bits per heavy atom. The fourth-order valence-corrected chi connectivity index (χ4v) is 1.17. The van der Waals surface area contributed by atoms with Crippen molar-refractivity contribution in [3.63, 3.8) is 0 Å². The topological polar surface area (TPSA) is 80.4 Å². The maximum atomic E-state index is 10.2. The minimum absolute atomic E-state index is 0.941. The van der Waals surface area contributed by atoms with Crippen molar-refractivity contribution in [3.8, 4) is 0 Å². The van der Waals surface area contributed by atoms with Crippen LogP contribution in [0.1, 0.15) is 0 Å². The normalized spacial score (nSPS) is 8.00. The molecule has 0 bridgehead atoms. The van der Waals surface area contributed by atoms with Crippen molar-refractivity contribution in [3.05, 3.63) is 44.0 Å². The predicted octanol–water partition coefficient (Wildman–Crippen LogP) is 1.82. The number of halogens is 1. The lowest BCUT2D eigenvalue weighted by Crippen LogP contribution is -1.81. The van der Waals surface area contributed by atoms with Gasteiger partial charge in [-0.2, -0.15) is 0 Å². The van der Waals surface area contributed by atoms with Gasteiger partial charge in [-0.05, 0) is 12.1 Å². The molecule has 0 aliphatic heterocycles. The number of nitrogens with zero attached hydrogens (tertiary/aromatic N) is 1. The molecular formula is C6H6INO4. The van der Waals surface area contributed by atoms with Crippen molar-refractivity contribution in [1.82, 2.24) is 0 Å². The van der Waals surface area contributed by atoms with Gasteiger partial charge < -0.3 is 5.21 Å². The highest BCUT2D eigenvalue weighted by molar-refractivity contribution is 14.1. The molecule has 6 heteroatoms. The minimum Gasteiger partial charge on any atom is -0.328 e. The summed E-state index contributed by atoms with van der Waals surface area (Å²) in [4.78, 5) is 8.36. The second-order valence-corrected chi connectivity index (χ2v) is 3.30. The van der Waals surface area contributed by atoms with E-state index in [9.17, 15) is 3.07 Å². The van der Waals surface area contributed by atoms with Crippen molar-refractivity contribution in [2.24, 2.45) is 0 Å². The van der Waals surface area contributed by atoms with E-state index in [0.29, 0.717) is 0 Å². The van der Waals surface area contributed by atoms with Gasteiger partial charge in [0.25, 0.3) is 5.09 Å². The van der Waals surface area contributed by atoms with Crippen LogP contribution in [-0.2, 0) is 3.07 Å². The Balaban J connectivity index is 0.000000261. The largest absolute Gasteiger partial charge is 0.328 e. The first-order chi connectivity index (χ1) is 5.66. The summed E-state index contributed by atoms with van der Waals surface area (Å²) in [7, 11) is 0. The minimum atomic E-state index is -1.50. The van der Waals surface area contributed by atoms with Gasteiger partial charge in [-0.3, -0.25) is 3.07 Å². The van der Waals surface area contributed by atoms with Gasteiger partial charge in [-0.15, -0.1) is 10.1 Å². The highest BCUT2D eigenvalue weighted by Crippen LogP contribution is 2.06. The molecule has 0 spiro atoms. The van der Waals surface area contributed by atoms with E-state index in [0.717, 1.165) is 3.57 Å². The van der Waals surface area contributed by atoms with Crippen LogP contribution in [0.3, 0.4) is 0 Å². The molecule has 66 valence electrons. The molecule has 0 unspecified atom stereocenters. The molecule has 0 saturated heterocycles. The molecule has 0 atom stereocenters. The highest BCUT2D eigenvalue weighted by Gasteiger charge is 1.81. The van der Waals surface area contributed by atoms with Crippen LogP contribution in [0.5, 0.6) is 0 Å². The summed E-state index contributed by atoms with van der Waals surface area (Å²) in [6.07, 6.45) is 0. The smallest absolute Gasteiger partial charge is 0.291 e. The summed E-state index contributed by atoms with van der Waals surface area (Å²) in [5.74, 6) is 0. The third-order valence-corrected chi connectivity index (χ3v) is 2.05. The van der Waals surface area contributed by atoms with Crippen LogP contribution >= 0.6 is 21.2 Å². The van der Waals surface area contributed by atoms with Gasteiger partial charge in [0, 0.05) is 3.57 Å². The van der Waals surface area contributed by atoms with Crippen LogP contribution in [0.2, 0.25) is 0 Å². The number of benzene rings is 1. The van der Waals surface area contributed by atoms with Crippen LogP contribution in [0.4, 0.5) is 0 Å². The van der Waals surface area contributed by atoms with Gasteiger partial charge in [0.2, 0.25) is 0 Å². The molecule has 1 N–H and O–H groups in total. The standard InChI is InChI=1S/C6H5IO.HNO3/c8-7-6-4-2-1-3-5-6;2-1(3)4/h1-5H;(H,2,3,4). The molecule has 0 aliphatic carbocycles. The second kappa shape index (κ2) is 6.65. The van der Waals surface area contributed by atoms with E-state index in [1.165, 1.54) is 0 Å². The number of hydrogen-bond donors (Lipinski definition) is 1. The molecule has 0 aliphatic rings. The van der Waals surface area contributed by atoms with Gasteiger partial charge in [-0.25, -0.2) is 0 Å². The molecule has 0 heterocycles. The lowest BCUT2D eigenvalue weighted by molar-refractivity contribution is -0.742. The Bertz CT molecular complexity index is 247. The van der Waals surface area contributed by atoms with Gasteiger partial charge in [0.05, 0.1) is 0 Å². The first kappa shape index (κ1) is 11.0. The summed E-state index contributed by atoms with van der Waals surface area (Å²) in [5, 5.41) is 13.6. The van der Waals surface area contributed by atoms with Crippen LogP contribution < -0.4 is 0 Å². The van der Waals surface area contributed by atoms with Crippen molar-refractivity contribution in [1.29, 1.82) is 0 Å². The SMILES string of the molecule is O=Ic1ccccc1.O=[N+]([O-])O. The van der Waals surface area contributed by atoms with Crippen LogP contribution in [0.15, 0.2) is 30.3 Å². The Kier molecular flexibility index (Phi) is 6.07. The molecule has 0 fully saturated rings. The fraction of sp³-hybridized carbons (Fsp3) is 0. The molecule has 0 radical (unpaired) electrons. The summed E-state index contributed by atoms with van der Waals surface area (Å²) < 4.78 is 11.2. The summed E-state index contributed by atoms with van der Waals surface area (Å²) in [6, 6.07) is 9.46. The maximum Gasteiger partial charge on any atom is 0.291 e. The lowest BCUT2D eigenvalue weighted by atomic mass is 10.4. The van der Waals surface area contributed by atoms with Gasteiger partial charge in [0.1, 0.15) is 0 Å². The Morgan fingerprint density at radius 1 is 1.33 bits per heavy atom. The molecule has 1 aromatic rings. The van der Waals surface area contributed by atoms with Gasteiger partial charge in [0.15, 0.2) is 21.2 Å². The maximum absolute atomic E-state index is 10.2. The van der Waals surface area contributed by atoms with Crippen LogP contribution in [-0.4, -0.2) is 10.3 Å². The van der Waals surface area contributed by atoms with E-state index in [4.69, 9.17) is 15.3 Å². The van der Waals surface area contributed by atoms with Gasteiger partial charge >= 0.3 is 0 Å². The van der Waals surface area contributed by atoms with E-state index in [-0.39, 0.29) is 0 Å². The molecule has 0 amide bonds. The monoisotopic (exact) mass is 283 g/mol. The Hall–Kier alpha value is -1.05. The predicted molar refractivity (Wildman–Crippen MR) is 48.6 cm³/mol. The molecular weight excluding hydrogens is 277 g/mol. The number of hydrogen-bond acceptors (Lipinski definition) is 3. The van der Waals surface area contributed by atoms with E-state index in [1.807, 2.05) is 30.3 Å². The Labute approximate surface area is 78.8 Å². The van der Waals surface area contributed by atoms with E-state index < -0.39 is 26.3 Å². The quantitative estimate of drug-likeness (QED) is 0.484. The lowest BCUT2D eigenvalue weighted by Gasteiger charge is -1.80. The molecule has 5 nitrogen and oxygen atoms in total. The third-order valence-electron chi connectivity index (χ3n) is 0.822. The Morgan fingerprint density at radius 3 is 2.00 bits per heavy atom. The first-order valence-electron chi connectivity index (χ1n) is 2.82. The van der Waals surface area contributed by atoms with Crippen molar-refractivity contribution in [2.75, 3.05) is 0 Å². The van der Waals surface area contributed by atoms with E-state index in [2.05, 4.69) is 0 Å². The van der Waals surface area contributed by atoms with Crippen molar-refractivity contribution < 1.29 is 13.4 Å². The second-order valence-electron chi connectivity index (χ2n) is 1.61. The zero-order valence-electron chi connectivity index (χ0n) is 5.88. The summed E-state index contributed by atoms with van der Waals surface area (Å²) in [5.41, 5.74) is 0. The van der Waals surface area contributed by atoms with E-state index in [1.54, 1.807) is 0 Å². The molecule has 1 aromatic carbocycles. The van der Waals surface area contributed by atoms with Crippen LogP contribution in [0, 0.1) is 13.7 Å². The van der Waals surface area contributed by atoms with Gasteiger partial charge in [-0.1, -0.05) is 18.2 Å². The average Bonchev–Trinajstić information content (AvgIpc) is 2.05. The molecule has 12 heavy (non-hydrogen) atoms. The fourth-order valence-electron chi connectivity index (χ4n) is 0.466.